The van der Waals surface area contributed by atoms with E-state index in [4.69, 9.17) is 9.47 Å². The van der Waals surface area contributed by atoms with Crippen LogP contribution in [0, 0.1) is 5.41 Å². The Bertz CT molecular complexity index is 580. The molecular weight excluding hydrogens is 308 g/mol. The molecule has 1 N–H and O–H groups in total. The molecule has 0 heterocycles. The van der Waals surface area contributed by atoms with Gasteiger partial charge in [-0.15, -0.1) is 0 Å². The Morgan fingerprint density at radius 3 is 2.17 bits per heavy atom. The number of ether oxygens (including phenoxy) is 2. The SMILES string of the molecule is CCN(CC)C(=O)C(C)(C)C(=O)NCc1ccc(OC)c(OC)c1. The highest BCUT2D eigenvalue weighted by Gasteiger charge is 2.38. The molecular formula is C18H28N2O4. The van der Waals surface area contributed by atoms with Gasteiger partial charge in [-0.1, -0.05) is 6.07 Å². The van der Waals surface area contributed by atoms with Crippen molar-refractivity contribution in [1.82, 2.24) is 10.2 Å². The van der Waals surface area contributed by atoms with E-state index in [9.17, 15) is 9.59 Å². The highest BCUT2D eigenvalue weighted by molar-refractivity contribution is 6.04. The highest BCUT2D eigenvalue weighted by Crippen LogP contribution is 2.27. The third-order valence-electron chi connectivity index (χ3n) is 4.05. The molecule has 0 fully saturated rings. The second-order valence-electron chi connectivity index (χ2n) is 5.97. The molecule has 0 aliphatic heterocycles. The minimum Gasteiger partial charge on any atom is -0.493 e. The van der Waals surface area contributed by atoms with E-state index in [-0.39, 0.29) is 11.8 Å². The maximum absolute atomic E-state index is 12.5. The van der Waals surface area contributed by atoms with Crippen LogP contribution in [0.4, 0.5) is 0 Å². The molecule has 0 unspecified atom stereocenters. The van der Waals surface area contributed by atoms with Crippen molar-refractivity contribution >= 4 is 11.8 Å². The first-order valence-corrected chi connectivity index (χ1v) is 8.10. The summed E-state index contributed by atoms with van der Waals surface area (Å²) in [5, 5.41) is 2.83. The van der Waals surface area contributed by atoms with Crippen LogP contribution < -0.4 is 14.8 Å². The fraction of sp³-hybridized carbons (Fsp3) is 0.556. The fourth-order valence-electron chi connectivity index (χ4n) is 2.40. The second kappa shape index (κ2) is 8.57. The number of hydrogen-bond acceptors (Lipinski definition) is 4. The molecule has 1 aromatic carbocycles. The van der Waals surface area contributed by atoms with Gasteiger partial charge in [0.2, 0.25) is 11.8 Å². The lowest BCUT2D eigenvalue weighted by molar-refractivity contribution is -0.148. The largest absolute Gasteiger partial charge is 0.493 e. The number of carbonyl (C=O) groups is 2. The van der Waals surface area contributed by atoms with Crippen LogP contribution in [0.2, 0.25) is 0 Å². The van der Waals surface area contributed by atoms with E-state index in [0.717, 1.165) is 5.56 Å². The molecule has 0 radical (unpaired) electrons. The van der Waals surface area contributed by atoms with E-state index in [1.165, 1.54) is 0 Å². The van der Waals surface area contributed by atoms with E-state index >= 15 is 0 Å². The fourth-order valence-corrected chi connectivity index (χ4v) is 2.40. The lowest BCUT2D eigenvalue weighted by Gasteiger charge is -2.29. The molecule has 0 bridgehead atoms. The molecule has 6 nitrogen and oxygen atoms in total. The van der Waals surface area contributed by atoms with Gasteiger partial charge in [0.25, 0.3) is 0 Å². The molecule has 0 saturated carbocycles. The van der Waals surface area contributed by atoms with Crippen molar-refractivity contribution in [2.24, 2.45) is 5.41 Å². The van der Waals surface area contributed by atoms with Crippen LogP contribution in [0.15, 0.2) is 18.2 Å². The van der Waals surface area contributed by atoms with Crippen molar-refractivity contribution in [3.8, 4) is 11.5 Å². The summed E-state index contributed by atoms with van der Waals surface area (Å²) in [7, 11) is 3.13. The van der Waals surface area contributed by atoms with Gasteiger partial charge in [-0.3, -0.25) is 9.59 Å². The Hall–Kier alpha value is -2.24. The van der Waals surface area contributed by atoms with Crippen LogP contribution in [-0.4, -0.2) is 44.0 Å². The van der Waals surface area contributed by atoms with Crippen molar-refractivity contribution in [1.29, 1.82) is 0 Å². The predicted octanol–water partition coefficient (Wildman–Crippen LogP) is 2.21. The van der Waals surface area contributed by atoms with E-state index < -0.39 is 5.41 Å². The van der Waals surface area contributed by atoms with E-state index in [1.807, 2.05) is 19.9 Å². The monoisotopic (exact) mass is 336 g/mol. The molecule has 2 amide bonds. The summed E-state index contributed by atoms with van der Waals surface area (Å²) in [6.07, 6.45) is 0. The molecule has 1 aromatic rings. The summed E-state index contributed by atoms with van der Waals surface area (Å²) < 4.78 is 10.4. The minimum atomic E-state index is -1.11. The quantitative estimate of drug-likeness (QED) is 0.739. The topological polar surface area (TPSA) is 67.9 Å². The van der Waals surface area contributed by atoms with Gasteiger partial charge >= 0.3 is 0 Å². The normalized spacial score (nSPS) is 10.9. The summed E-state index contributed by atoms with van der Waals surface area (Å²) in [5.41, 5.74) is -0.241. The Morgan fingerprint density at radius 2 is 1.67 bits per heavy atom. The molecule has 0 spiro atoms. The predicted molar refractivity (Wildman–Crippen MR) is 93.1 cm³/mol. The molecule has 0 aliphatic rings. The standard InChI is InChI=1S/C18H28N2O4/c1-7-20(8-2)17(22)18(3,4)16(21)19-12-13-9-10-14(23-5)15(11-13)24-6/h9-11H,7-8,12H2,1-6H3,(H,19,21). The van der Waals surface area contributed by atoms with Gasteiger partial charge in [0.1, 0.15) is 5.41 Å². The second-order valence-corrected chi connectivity index (χ2v) is 5.97. The van der Waals surface area contributed by atoms with Crippen molar-refractivity contribution in [3.05, 3.63) is 23.8 Å². The van der Waals surface area contributed by atoms with Gasteiger partial charge in [-0.2, -0.15) is 0 Å². The Morgan fingerprint density at radius 1 is 1.08 bits per heavy atom. The molecule has 1 rings (SSSR count). The lowest BCUT2D eigenvalue weighted by atomic mass is 9.90. The summed E-state index contributed by atoms with van der Waals surface area (Å²) in [6.45, 7) is 8.59. The van der Waals surface area contributed by atoms with Crippen molar-refractivity contribution in [3.63, 3.8) is 0 Å². The molecule has 24 heavy (non-hydrogen) atoms. The van der Waals surface area contributed by atoms with Crippen LogP contribution in [0.1, 0.15) is 33.3 Å². The number of nitrogens with zero attached hydrogens (tertiary/aromatic N) is 1. The molecule has 134 valence electrons. The van der Waals surface area contributed by atoms with Crippen molar-refractivity contribution < 1.29 is 19.1 Å². The first kappa shape index (κ1) is 19.8. The lowest BCUT2D eigenvalue weighted by Crippen LogP contribution is -2.49. The van der Waals surface area contributed by atoms with Gasteiger partial charge in [0.15, 0.2) is 11.5 Å². The maximum atomic E-state index is 12.5. The first-order valence-electron chi connectivity index (χ1n) is 8.10. The average Bonchev–Trinajstić information content (AvgIpc) is 2.59. The van der Waals surface area contributed by atoms with E-state index in [2.05, 4.69) is 5.32 Å². The Balaban J connectivity index is 2.79. The molecule has 0 atom stereocenters. The maximum Gasteiger partial charge on any atom is 0.237 e. The Labute approximate surface area is 144 Å². The smallest absolute Gasteiger partial charge is 0.237 e. The zero-order valence-electron chi connectivity index (χ0n) is 15.4. The average molecular weight is 336 g/mol. The van der Waals surface area contributed by atoms with Crippen LogP contribution in [0.5, 0.6) is 11.5 Å². The number of nitrogens with one attached hydrogen (secondary N) is 1. The third kappa shape index (κ3) is 4.40. The van der Waals surface area contributed by atoms with Crippen LogP contribution in [-0.2, 0) is 16.1 Å². The van der Waals surface area contributed by atoms with Gasteiger partial charge in [-0.05, 0) is 45.4 Å². The zero-order valence-corrected chi connectivity index (χ0v) is 15.4. The summed E-state index contributed by atoms with van der Waals surface area (Å²) in [6, 6.07) is 5.44. The number of rotatable bonds is 8. The number of benzene rings is 1. The third-order valence-corrected chi connectivity index (χ3v) is 4.05. The number of amides is 2. The van der Waals surface area contributed by atoms with Crippen LogP contribution >= 0.6 is 0 Å². The van der Waals surface area contributed by atoms with Crippen molar-refractivity contribution in [2.75, 3.05) is 27.3 Å². The van der Waals surface area contributed by atoms with Gasteiger partial charge in [-0.25, -0.2) is 0 Å². The zero-order chi connectivity index (χ0) is 18.3. The van der Waals surface area contributed by atoms with E-state index in [1.54, 1.807) is 45.1 Å². The van der Waals surface area contributed by atoms with Crippen LogP contribution in [0.3, 0.4) is 0 Å². The van der Waals surface area contributed by atoms with Gasteiger partial charge in [0, 0.05) is 19.6 Å². The molecule has 6 heteroatoms. The molecule has 0 saturated heterocycles. The molecule has 0 aromatic heterocycles. The number of methoxy groups -OCH3 is 2. The Kier molecular flexibility index (Phi) is 7.07. The number of carbonyl (C=O) groups excluding carboxylic acids is 2. The van der Waals surface area contributed by atoms with Gasteiger partial charge in [0.05, 0.1) is 14.2 Å². The van der Waals surface area contributed by atoms with Crippen molar-refractivity contribution in [2.45, 2.75) is 34.2 Å². The summed E-state index contributed by atoms with van der Waals surface area (Å²) in [4.78, 5) is 26.6. The van der Waals surface area contributed by atoms with Crippen LogP contribution in [0.25, 0.3) is 0 Å². The van der Waals surface area contributed by atoms with E-state index in [0.29, 0.717) is 31.1 Å². The van der Waals surface area contributed by atoms with Gasteiger partial charge < -0.3 is 19.7 Å². The number of hydrogen-bond donors (Lipinski definition) is 1. The highest BCUT2D eigenvalue weighted by atomic mass is 16.5. The first-order chi connectivity index (χ1) is 11.3. The summed E-state index contributed by atoms with van der Waals surface area (Å²) >= 11 is 0. The minimum absolute atomic E-state index is 0.169. The molecule has 0 aliphatic carbocycles. The summed E-state index contributed by atoms with van der Waals surface area (Å²) in [5.74, 6) is 0.763.